The van der Waals surface area contributed by atoms with Crippen molar-refractivity contribution in [3.05, 3.63) is 24.3 Å². The second-order valence-electron chi connectivity index (χ2n) is 5.01. The highest BCUT2D eigenvalue weighted by Gasteiger charge is 2.63. The molecule has 9 heteroatoms. The number of likely N-dealkylation sites (N-methyl/N-ethyl adjacent to an activating group) is 1. The second-order valence-corrected chi connectivity index (χ2v) is 7.05. The summed E-state index contributed by atoms with van der Waals surface area (Å²) in [6.45, 7) is 5.25. The molecule has 0 fully saturated rings. The van der Waals surface area contributed by atoms with E-state index in [1.54, 1.807) is 19.9 Å². The Bertz CT molecular complexity index is 786. The molecule has 8 nitrogen and oxygen atoms in total. The minimum atomic E-state index is -4.46. The number of nitrogens with zero attached hydrogens (tertiary/aromatic N) is 3. The average Bonchev–Trinajstić information content (AvgIpc) is 2.56. The molecule has 0 saturated heterocycles. The number of azo groups is 1. The largest absolute Gasteiger partial charge is 0.463 e. The minimum Gasteiger partial charge on any atom is -0.463 e. The zero-order valence-corrected chi connectivity index (χ0v) is 14.5. The normalized spacial score (nSPS) is 21.0. The highest BCUT2D eigenvalue weighted by molar-refractivity contribution is 7.94. The maximum Gasteiger partial charge on any atom is 0.362 e. The monoisotopic (exact) mass is 353 g/mol. The zero-order valence-electron chi connectivity index (χ0n) is 13.7. The summed E-state index contributed by atoms with van der Waals surface area (Å²) < 4.78 is 31.1. The van der Waals surface area contributed by atoms with Crippen LogP contribution in [0.2, 0.25) is 0 Å². The summed E-state index contributed by atoms with van der Waals surface area (Å²) >= 11 is 0. The number of hydrogen-bond donors (Lipinski definition) is 0. The summed E-state index contributed by atoms with van der Waals surface area (Å²) in [5.41, 5.74) is 0.0878. The van der Waals surface area contributed by atoms with E-state index < -0.39 is 26.6 Å². The Morgan fingerprint density at radius 3 is 2.38 bits per heavy atom. The van der Waals surface area contributed by atoms with E-state index in [0.29, 0.717) is 0 Å². The van der Waals surface area contributed by atoms with Crippen molar-refractivity contribution < 1.29 is 22.7 Å². The standard InChI is InChI=1S/C15H19N3O5S/c1-4-18(5-2)13(19)15(14(20)23-6-3)17-16-11-9-7-8-10-12(11)24(15,21)22/h7-10H,4-6H2,1-3H3. The number of hydrogen-bond acceptors (Lipinski definition) is 7. The van der Waals surface area contributed by atoms with Crippen molar-refractivity contribution in [1.82, 2.24) is 4.90 Å². The van der Waals surface area contributed by atoms with Gasteiger partial charge in [0.05, 0.1) is 11.5 Å². The quantitative estimate of drug-likeness (QED) is 0.591. The van der Waals surface area contributed by atoms with Gasteiger partial charge in [0.25, 0.3) is 5.91 Å². The van der Waals surface area contributed by atoms with Gasteiger partial charge in [0.2, 0.25) is 9.84 Å². The highest BCUT2D eigenvalue weighted by Crippen LogP contribution is 2.40. The molecule has 0 aromatic heterocycles. The summed E-state index contributed by atoms with van der Waals surface area (Å²) in [5.74, 6) is -2.19. The van der Waals surface area contributed by atoms with Crippen LogP contribution in [0, 0.1) is 0 Å². The van der Waals surface area contributed by atoms with E-state index in [0.717, 1.165) is 0 Å². The Hall–Kier alpha value is -2.29. The molecule has 0 aliphatic carbocycles. The number of carbonyl (C=O) groups excluding carboxylic acids is 2. The fraction of sp³-hybridized carbons (Fsp3) is 0.467. The van der Waals surface area contributed by atoms with Crippen LogP contribution in [-0.2, 0) is 24.2 Å². The lowest BCUT2D eigenvalue weighted by Gasteiger charge is -2.32. The van der Waals surface area contributed by atoms with Crippen LogP contribution >= 0.6 is 0 Å². The third-order valence-corrected chi connectivity index (χ3v) is 5.86. The lowest BCUT2D eigenvalue weighted by molar-refractivity contribution is -0.153. The fourth-order valence-corrected chi connectivity index (χ4v) is 4.20. The van der Waals surface area contributed by atoms with Crippen molar-refractivity contribution in [1.29, 1.82) is 0 Å². The Labute approximate surface area is 140 Å². The van der Waals surface area contributed by atoms with E-state index in [4.69, 9.17) is 4.74 Å². The summed E-state index contributed by atoms with van der Waals surface area (Å²) in [6, 6.07) is 5.84. The SMILES string of the molecule is CCOC(=O)C1(C(=O)N(CC)CC)N=Nc2ccccc2S1(=O)=O. The van der Waals surface area contributed by atoms with Crippen LogP contribution in [0.25, 0.3) is 0 Å². The molecule has 1 amide bonds. The molecule has 0 spiro atoms. The predicted octanol–water partition coefficient (Wildman–Crippen LogP) is 1.69. The van der Waals surface area contributed by atoms with E-state index in [1.165, 1.54) is 30.0 Å². The summed E-state index contributed by atoms with van der Waals surface area (Å²) in [4.78, 5) is 23.7. The number of esters is 1. The van der Waals surface area contributed by atoms with E-state index >= 15 is 0 Å². The molecule has 1 aliphatic rings. The molecule has 130 valence electrons. The number of amides is 1. The van der Waals surface area contributed by atoms with E-state index in [9.17, 15) is 18.0 Å². The zero-order chi connectivity index (χ0) is 18.0. The lowest BCUT2D eigenvalue weighted by atomic mass is 10.2. The van der Waals surface area contributed by atoms with Gasteiger partial charge in [-0.25, -0.2) is 13.2 Å². The maximum atomic E-state index is 13.1. The topological polar surface area (TPSA) is 105 Å². The third-order valence-electron chi connectivity index (χ3n) is 3.73. The summed E-state index contributed by atoms with van der Waals surface area (Å²) in [5, 5.41) is 7.48. The number of ether oxygens (including phenoxy) is 1. The molecule has 1 aromatic carbocycles. The van der Waals surface area contributed by atoms with Gasteiger partial charge in [-0.15, -0.1) is 5.11 Å². The highest BCUT2D eigenvalue weighted by atomic mass is 32.2. The molecule has 0 radical (unpaired) electrons. The Balaban J connectivity index is 2.74. The average molecular weight is 353 g/mol. The van der Waals surface area contributed by atoms with Crippen LogP contribution < -0.4 is 0 Å². The van der Waals surface area contributed by atoms with Crippen LogP contribution in [-0.4, -0.2) is 49.8 Å². The van der Waals surface area contributed by atoms with Crippen molar-refractivity contribution in [2.75, 3.05) is 19.7 Å². The van der Waals surface area contributed by atoms with Gasteiger partial charge in [-0.3, -0.25) is 4.79 Å². The van der Waals surface area contributed by atoms with E-state index in [2.05, 4.69) is 10.2 Å². The molecule has 0 bridgehead atoms. The van der Waals surface area contributed by atoms with Crippen molar-refractivity contribution >= 4 is 27.4 Å². The molecular weight excluding hydrogens is 334 g/mol. The van der Waals surface area contributed by atoms with Gasteiger partial charge >= 0.3 is 10.8 Å². The van der Waals surface area contributed by atoms with Crippen LogP contribution in [0.4, 0.5) is 5.69 Å². The molecule has 1 aliphatic heterocycles. The summed E-state index contributed by atoms with van der Waals surface area (Å²) in [6.07, 6.45) is 0. The number of benzene rings is 1. The first-order chi connectivity index (χ1) is 11.4. The molecule has 1 heterocycles. The van der Waals surface area contributed by atoms with Gasteiger partial charge in [-0.1, -0.05) is 12.1 Å². The smallest absolute Gasteiger partial charge is 0.362 e. The molecule has 0 saturated carbocycles. The van der Waals surface area contributed by atoms with E-state index in [-0.39, 0.29) is 30.3 Å². The fourth-order valence-electron chi connectivity index (χ4n) is 2.45. The van der Waals surface area contributed by atoms with Crippen molar-refractivity contribution in [2.24, 2.45) is 10.2 Å². The molecule has 1 aromatic rings. The minimum absolute atomic E-state index is 0.0845. The summed E-state index contributed by atoms with van der Waals surface area (Å²) in [7, 11) is -4.46. The molecule has 0 N–H and O–H groups in total. The molecule has 1 atom stereocenters. The van der Waals surface area contributed by atoms with Crippen LogP contribution in [0.5, 0.6) is 0 Å². The Morgan fingerprint density at radius 2 is 1.79 bits per heavy atom. The number of fused-ring (bicyclic) bond motifs is 1. The third kappa shape index (κ3) is 2.48. The second kappa shape index (κ2) is 6.68. The van der Waals surface area contributed by atoms with Crippen LogP contribution in [0.1, 0.15) is 20.8 Å². The number of rotatable bonds is 5. The maximum absolute atomic E-state index is 13.1. The van der Waals surface area contributed by atoms with Gasteiger partial charge in [0.15, 0.2) is 0 Å². The Kier molecular flexibility index (Phi) is 5.02. The first kappa shape index (κ1) is 18.1. The first-order valence-electron chi connectivity index (χ1n) is 7.59. The number of carbonyl (C=O) groups is 2. The van der Waals surface area contributed by atoms with Crippen LogP contribution in [0.3, 0.4) is 0 Å². The van der Waals surface area contributed by atoms with Crippen molar-refractivity contribution in [3.63, 3.8) is 0 Å². The molecule has 2 rings (SSSR count). The molecule has 1 unspecified atom stereocenters. The van der Waals surface area contributed by atoms with E-state index in [1.807, 2.05) is 0 Å². The Morgan fingerprint density at radius 1 is 1.17 bits per heavy atom. The van der Waals surface area contributed by atoms with Crippen molar-refractivity contribution in [3.8, 4) is 0 Å². The van der Waals surface area contributed by atoms with Gasteiger partial charge in [0.1, 0.15) is 5.69 Å². The first-order valence-corrected chi connectivity index (χ1v) is 9.08. The molecular formula is C15H19N3O5S. The molecule has 24 heavy (non-hydrogen) atoms. The van der Waals surface area contributed by atoms with Gasteiger partial charge < -0.3 is 9.64 Å². The van der Waals surface area contributed by atoms with Gasteiger partial charge in [0, 0.05) is 13.1 Å². The van der Waals surface area contributed by atoms with Crippen LogP contribution in [0.15, 0.2) is 39.4 Å². The lowest BCUT2D eigenvalue weighted by Crippen LogP contribution is -2.58. The van der Waals surface area contributed by atoms with Crippen molar-refractivity contribution in [2.45, 2.75) is 30.5 Å². The predicted molar refractivity (Wildman–Crippen MR) is 85.4 cm³/mol. The number of sulfone groups is 1. The van der Waals surface area contributed by atoms with Gasteiger partial charge in [-0.2, -0.15) is 5.11 Å². The van der Waals surface area contributed by atoms with Gasteiger partial charge in [-0.05, 0) is 32.9 Å².